The Hall–Kier alpha value is -0.160. The molecule has 0 aromatic rings. The molecule has 5 atom stereocenters. The molecule has 1 saturated carbocycles. The van der Waals surface area contributed by atoms with Crippen molar-refractivity contribution in [3.05, 3.63) is 0 Å². The van der Waals surface area contributed by atoms with E-state index in [-0.39, 0.29) is 25.3 Å². The van der Waals surface area contributed by atoms with Crippen LogP contribution < -0.4 is 0 Å². The van der Waals surface area contributed by atoms with E-state index >= 15 is 0 Å². The van der Waals surface area contributed by atoms with Gasteiger partial charge >= 0.3 is 0 Å². The molecule has 1 N–H and O–H groups in total. The van der Waals surface area contributed by atoms with Crippen molar-refractivity contribution in [1.29, 1.82) is 0 Å². The number of hydrogen-bond donors (Lipinski definition) is 1. The summed E-state index contributed by atoms with van der Waals surface area (Å²) in [6.45, 7) is 4.64. The first-order valence-electron chi connectivity index (χ1n) is 5.75. The molecule has 2 aliphatic rings. The van der Waals surface area contributed by atoms with Gasteiger partial charge in [-0.3, -0.25) is 0 Å². The van der Waals surface area contributed by atoms with Gasteiger partial charge < -0.3 is 19.3 Å². The Morgan fingerprint density at radius 3 is 2.93 bits per heavy atom. The molecule has 2 fully saturated rings. The van der Waals surface area contributed by atoms with E-state index in [1.165, 1.54) is 0 Å². The van der Waals surface area contributed by atoms with Crippen molar-refractivity contribution < 1.29 is 19.3 Å². The van der Waals surface area contributed by atoms with Crippen LogP contribution in [0.3, 0.4) is 0 Å². The van der Waals surface area contributed by atoms with Crippen molar-refractivity contribution in [2.75, 3.05) is 13.4 Å². The Balaban J connectivity index is 2.01. The second-order valence-corrected chi connectivity index (χ2v) is 4.38. The number of fused-ring (bicyclic) bond motifs is 1. The molecule has 1 aliphatic heterocycles. The highest BCUT2D eigenvalue weighted by Gasteiger charge is 2.46. The summed E-state index contributed by atoms with van der Waals surface area (Å²) in [5, 5.41) is 8.83. The predicted molar refractivity (Wildman–Crippen MR) is 54.1 cm³/mol. The van der Waals surface area contributed by atoms with Crippen LogP contribution in [0.2, 0.25) is 0 Å². The number of rotatable bonds is 3. The van der Waals surface area contributed by atoms with Gasteiger partial charge in [0.2, 0.25) is 0 Å². The molecule has 0 bridgehead atoms. The van der Waals surface area contributed by atoms with Gasteiger partial charge in [-0.05, 0) is 12.8 Å². The quantitative estimate of drug-likeness (QED) is 0.718. The van der Waals surface area contributed by atoms with Crippen molar-refractivity contribution in [3.63, 3.8) is 0 Å². The lowest BCUT2D eigenvalue weighted by Crippen LogP contribution is -2.37. The van der Waals surface area contributed by atoms with Crippen LogP contribution in [0.15, 0.2) is 0 Å². The Labute approximate surface area is 90.5 Å². The van der Waals surface area contributed by atoms with Gasteiger partial charge in [-0.25, -0.2) is 0 Å². The van der Waals surface area contributed by atoms with Crippen molar-refractivity contribution in [2.45, 2.75) is 45.2 Å². The van der Waals surface area contributed by atoms with Crippen LogP contribution >= 0.6 is 0 Å². The molecular formula is C11H20O4. The van der Waals surface area contributed by atoms with Crippen molar-refractivity contribution in [1.82, 2.24) is 0 Å². The summed E-state index contributed by atoms with van der Waals surface area (Å²) in [5.74, 6) is 0.886. The zero-order valence-electron chi connectivity index (χ0n) is 9.39. The minimum absolute atomic E-state index is 0.100. The maximum absolute atomic E-state index is 8.83. The van der Waals surface area contributed by atoms with Gasteiger partial charge in [0.05, 0.1) is 18.8 Å². The lowest BCUT2D eigenvalue weighted by Gasteiger charge is -2.33. The van der Waals surface area contributed by atoms with Gasteiger partial charge in [-0.2, -0.15) is 0 Å². The topological polar surface area (TPSA) is 47.9 Å². The minimum atomic E-state index is -0.197. The van der Waals surface area contributed by atoms with Gasteiger partial charge in [-0.15, -0.1) is 0 Å². The van der Waals surface area contributed by atoms with Gasteiger partial charge in [0, 0.05) is 12.3 Å². The molecule has 1 heterocycles. The molecule has 1 unspecified atom stereocenters. The third-order valence-electron chi connectivity index (χ3n) is 3.62. The molecule has 15 heavy (non-hydrogen) atoms. The zero-order valence-corrected chi connectivity index (χ0v) is 9.39. The second kappa shape index (κ2) is 4.78. The first-order chi connectivity index (χ1) is 7.26. The smallest absolute Gasteiger partial charge is 0.155 e. The van der Waals surface area contributed by atoms with E-state index < -0.39 is 0 Å². The van der Waals surface area contributed by atoms with Crippen LogP contribution in [0.5, 0.6) is 0 Å². The highest BCUT2D eigenvalue weighted by atomic mass is 16.7. The van der Waals surface area contributed by atoms with Gasteiger partial charge in [0.15, 0.2) is 6.29 Å². The molecule has 0 radical (unpaired) electrons. The van der Waals surface area contributed by atoms with Crippen LogP contribution in [0.4, 0.5) is 0 Å². The molecule has 88 valence electrons. The summed E-state index contributed by atoms with van der Waals surface area (Å²) in [4.78, 5) is 0. The van der Waals surface area contributed by atoms with Crippen LogP contribution in [-0.2, 0) is 14.2 Å². The molecule has 1 aliphatic carbocycles. The standard InChI is InChI=1S/C11H20O4/c1-3-8-9-5-13-7(2)15-11(9)4-10(8)14-6-12/h7-12H,3-6H2,1-2H3/t7?,8-,9-,10+,11-/m0/s1. The summed E-state index contributed by atoms with van der Waals surface area (Å²) in [7, 11) is 0. The van der Waals surface area contributed by atoms with E-state index in [4.69, 9.17) is 19.3 Å². The average molecular weight is 216 g/mol. The predicted octanol–water partition coefficient (Wildman–Crippen LogP) is 1.13. The summed E-state index contributed by atoms with van der Waals surface area (Å²) in [6.07, 6.45) is 2.21. The van der Waals surface area contributed by atoms with E-state index in [9.17, 15) is 0 Å². The van der Waals surface area contributed by atoms with Crippen molar-refractivity contribution in [3.8, 4) is 0 Å². The van der Waals surface area contributed by atoms with E-state index in [1.807, 2.05) is 6.92 Å². The Morgan fingerprint density at radius 2 is 2.27 bits per heavy atom. The molecule has 4 nitrogen and oxygen atoms in total. The van der Waals surface area contributed by atoms with E-state index in [1.54, 1.807) is 0 Å². The van der Waals surface area contributed by atoms with Crippen molar-refractivity contribution in [2.24, 2.45) is 11.8 Å². The maximum Gasteiger partial charge on any atom is 0.155 e. The molecule has 0 aromatic heterocycles. The Morgan fingerprint density at radius 1 is 1.47 bits per heavy atom. The normalized spacial score (nSPS) is 45.4. The molecule has 1 saturated heterocycles. The minimum Gasteiger partial charge on any atom is -0.371 e. The largest absolute Gasteiger partial charge is 0.371 e. The number of aliphatic hydroxyl groups excluding tert-OH is 1. The third-order valence-corrected chi connectivity index (χ3v) is 3.62. The molecule has 4 heteroatoms. The van der Waals surface area contributed by atoms with E-state index in [0.29, 0.717) is 11.8 Å². The zero-order chi connectivity index (χ0) is 10.8. The first kappa shape index (κ1) is 11.3. The third kappa shape index (κ3) is 2.18. The lowest BCUT2D eigenvalue weighted by molar-refractivity contribution is -0.224. The molecule has 0 amide bonds. The van der Waals surface area contributed by atoms with Gasteiger partial charge in [0.25, 0.3) is 0 Å². The first-order valence-corrected chi connectivity index (χ1v) is 5.75. The summed E-state index contributed by atoms with van der Waals surface area (Å²) < 4.78 is 16.6. The van der Waals surface area contributed by atoms with Gasteiger partial charge in [-0.1, -0.05) is 13.3 Å². The van der Waals surface area contributed by atoms with E-state index in [0.717, 1.165) is 19.4 Å². The molecule has 2 rings (SSSR count). The van der Waals surface area contributed by atoms with Crippen molar-refractivity contribution >= 4 is 0 Å². The van der Waals surface area contributed by atoms with Crippen LogP contribution in [-0.4, -0.2) is 37.0 Å². The van der Waals surface area contributed by atoms with Gasteiger partial charge in [0.1, 0.15) is 6.79 Å². The summed E-state index contributed by atoms with van der Waals surface area (Å²) in [5.41, 5.74) is 0. The fourth-order valence-corrected chi connectivity index (χ4v) is 2.90. The number of ether oxygens (including phenoxy) is 3. The molecule has 0 spiro atoms. The van der Waals surface area contributed by atoms with Crippen LogP contribution in [0.1, 0.15) is 26.7 Å². The lowest BCUT2D eigenvalue weighted by atomic mass is 9.91. The van der Waals surface area contributed by atoms with Crippen LogP contribution in [0, 0.1) is 11.8 Å². The van der Waals surface area contributed by atoms with E-state index in [2.05, 4.69) is 6.92 Å². The highest BCUT2D eigenvalue weighted by Crippen LogP contribution is 2.41. The van der Waals surface area contributed by atoms with Crippen LogP contribution in [0.25, 0.3) is 0 Å². The molecular weight excluding hydrogens is 196 g/mol. The Kier molecular flexibility index (Phi) is 3.61. The fourth-order valence-electron chi connectivity index (χ4n) is 2.90. The second-order valence-electron chi connectivity index (χ2n) is 4.38. The molecule has 0 aromatic carbocycles. The number of aliphatic hydroxyl groups is 1. The SMILES string of the molecule is CC[C@H]1[C@@H]2COC(C)O[C@H]2C[C@H]1OCO. The highest BCUT2D eigenvalue weighted by molar-refractivity contribution is 4.93. The summed E-state index contributed by atoms with van der Waals surface area (Å²) >= 11 is 0. The average Bonchev–Trinajstić information content (AvgIpc) is 2.54. The monoisotopic (exact) mass is 216 g/mol. The maximum atomic E-state index is 8.83. The fraction of sp³-hybridized carbons (Fsp3) is 1.00. The number of hydrogen-bond acceptors (Lipinski definition) is 4. The Bertz CT molecular complexity index is 205. The summed E-state index contributed by atoms with van der Waals surface area (Å²) in [6, 6.07) is 0.